The lowest BCUT2D eigenvalue weighted by Gasteiger charge is -2.41. The molecule has 1 aliphatic rings. The van der Waals surface area contributed by atoms with E-state index in [-0.39, 0.29) is 30.7 Å². The number of halogens is 8. The van der Waals surface area contributed by atoms with Crippen molar-refractivity contribution in [2.24, 2.45) is 0 Å². The monoisotopic (exact) mass is 523 g/mol. The molecule has 190 valence electrons. The highest BCUT2D eigenvalue weighted by Gasteiger charge is 2.39. The number of ether oxygens (including phenoxy) is 2. The van der Waals surface area contributed by atoms with E-state index < -0.39 is 47.7 Å². The summed E-state index contributed by atoms with van der Waals surface area (Å²) in [7, 11) is 0. The fourth-order valence-electron chi connectivity index (χ4n) is 3.71. The highest BCUT2D eigenvalue weighted by Crippen LogP contribution is 2.39. The molecule has 0 aliphatic carbocycles. The van der Waals surface area contributed by atoms with Crippen LogP contribution >= 0.6 is 11.6 Å². The Labute approximate surface area is 202 Å². The van der Waals surface area contributed by atoms with Crippen molar-refractivity contribution < 1.29 is 40.2 Å². The van der Waals surface area contributed by atoms with Gasteiger partial charge in [0.25, 0.3) is 0 Å². The first-order chi connectivity index (χ1) is 16.4. The standard InChI is InChI=1S/C24H21ClF7NO2/c1-15(17-12-18(23(27,28)29)14-19(13-17)24(30,31)32)35-22-21(16-4-6-20(26)7-5-16)33(10-11-34-22)9-3-2-8-25/h4-7,12-15,21-22H,8-11H2,1H3/t15-,21+,22-/m1/s1. The summed E-state index contributed by atoms with van der Waals surface area (Å²) in [5.74, 6) is 5.23. The third-order valence-corrected chi connectivity index (χ3v) is 5.55. The van der Waals surface area contributed by atoms with Crippen molar-refractivity contribution in [2.45, 2.75) is 37.7 Å². The zero-order chi connectivity index (χ0) is 25.8. The minimum atomic E-state index is -4.98. The highest BCUT2D eigenvalue weighted by molar-refractivity contribution is 6.19. The van der Waals surface area contributed by atoms with Crippen molar-refractivity contribution >= 4 is 11.6 Å². The number of hydrogen-bond donors (Lipinski definition) is 0. The van der Waals surface area contributed by atoms with Gasteiger partial charge in [-0.2, -0.15) is 26.3 Å². The second-order valence-corrected chi connectivity index (χ2v) is 8.08. The number of morpholine rings is 1. The molecule has 0 N–H and O–H groups in total. The maximum Gasteiger partial charge on any atom is 0.416 e. The molecule has 11 heteroatoms. The van der Waals surface area contributed by atoms with Crippen LogP contribution in [0.25, 0.3) is 0 Å². The van der Waals surface area contributed by atoms with Crippen LogP contribution in [0.5, 0.6) is 0 Å². The molecule has 0 aromatic heterocycles. The maximum absolute atomic E-state index is 13.5. The molecule has 0 spiro atoms. The largest absolute Gasteiger partial charge is 0.416 e. The smallest absolute Gasteiger partial charge is 0.349 e. The van der Waals surface area contributed by atoms with E-state index >= 15 is 0 Å². The lowest BCUT2D eigenvalue weighted by molar-refractivity contribution is -0.228. The van der Waals surface area contributed by atoms with Crippen LogP contribution in [-0.4, -0.2) is 36.8 Å². The Kier molecular flexibility index (Phi) is 8.70. The predicted molar refractivity (Wildman–Crippen MR) is 115 cm³/mol. The van der Waals surface area contributed by atoms with E-state index in [0.717, 1.165) is 0 Å². The fourth-order valence-corrected chi connectivity index (χ4v) is 3.80. The first-order valence-corrected chi connectivity index (χ1v) is 11.0. The quantitative estimate of drug-likeness (QED) is 0.251. The summed E-state index contributed by atoms with van der Waals surface area (Å²) in [6.45, 7) is 2.17. The highest BCUT2D eigenvalue weighted by atomic mass is 35.5. The molecular weight excluding hydrogens is 503 g/mol. The van der Waals surface area contributed by atoms with E-state index in [1.54, 1.807) is 0 Å². The average Bonchev–Trinajstić information content (AvgIpc) is 2.79. The molecule has 0 unspecified atom stereocenters. The molecule has 1 saturated heterocycles. The van der Waals surface area contributed by atoms with E-state index in [1.807, 2.05) is 4.90 Å². The van der Waals surface area contributed by atoms with Gasteiger partial charge in [-0.05, 0) is 48.4 Å². The van der Waals surface area contributed by atoms with E-state index in [2.05, 4.69) is 11.8 Å². The molecule has 3 rings (SSSR count). The molecule has 2 aromatic rings. The van der Waals surface area contributed by atoms with Crippen molar-refractivity contribution in [3.8, 4) is 11.8 Å². The van der Waals surface area contributed by atoms with Crippen molar-refractivity contribution in [2.75, 3.05) is 25.6 Å². The normalized spacial score (nSPS) is 20.3. The summed E-state index contributed by atoms with van der Waals surface area (Å²) in [4.78, 5) is 1.86. The van der Waals surface area contributed by atoms with Crippen LogP contribution < -0.4 is 0 Å². The summed E-state index contributed by atoms with van der Waals surface area (Å²) in [5, 5.41) is 0. The van der Waals surface area contributed by atoms with E-state index in [9.17, 15) is 30.7 Å². The Morgan fingerprint density at radius 2 is 1.63 bits per heavy atom. The number of nitrogens with zero attached hydrogens (tertiary/aromatic N) is 1. The van der Waals surface area contributed by atoms with E-state index in [4.69, 9.17) is 21.1 Å². The Hall–Kier alpha value is -2.32. The topological polar surface area (TPSA) is 21.7 Å². The van der Waals surface area contributed by atoms with Gasteiger partial charge in [0.15, 0.2) is 6.29 Å². The summed E-state index contributed by atoms with van der Waals surface area (Å²) >= 11 is 5.60. The van der Waals surface area contributed by atoms with Gasteiger partial charge in [-0.15, -0.1) is 11.6 Å². The number of rotatable bonds is 5. The SMILES string of the molecule is C[C@@H](O[C@H]1OCCN(CC#CCCl)[C@H]1c1ccc(F)cc1)c1cc(C(F)(F)F)cc(C(F)(F)F)c1. The van der Waals surface area contributed by atoms with Crippen LogP contribution in [0, 0.1) is 17.7 Å². The van der Waals surface area contributed by atoms with Crippen LogP contribution in [0.2, 0.25) is 0 Å². The first kappa shape index (κ1) is 27.3. The summed E-state index contributed by atoms with van der Waals surface area (Å²) in [5.41, 5.74) is -2.60. The van der Waals surface area contributed by atoms with Gasteiger partial charge in [-0.25, -0.2) is 4.39 Å². The van der Waals surface area contributed by atoms with Gasteiger partial charge >= 0.3 is 12.4 Å². The molecule has 1 fully saturated rings. The molecule has 0 saturated carbocycles. The fraction of sp³-hybridized carbons (Fsp3) is 0.417. The van der Waals surface area contributed by atoms with Gasteiger partial charge < -0.3 is 9.47 Å². The van der Waals surface area contributed by atoms with Gasteiger partial charge in [0.1, 0.15) is 5.82 Å². The van der Waals surface area contributed by atoms with E-state index in [0.29, 0.717) is 24.2 Å². The Morgan fingerprint density at radius 3 is 2.17 bits per heavy atom. The molecule has 0 bridgehead atoms. The van der Waals surface area contributed by atoms with Gasteiger partial charge in [-0.3, -0.25) is 4.90 Å². The summed E-state index contributed by atoms with van der Waals surface area (Å²) < 4.78 is 105. The zero-order valence-corrected chi connectivity index (χ0v) is 19.1. The van der Waals surface area contributed by atoms with E-state index in [1.165, 1.54) is 31.2 Å². The first-order valence-electron chi connectivity index (χ1n) is 10.5. The van der Waals surface area contributed by atoms with Crippen LogP contribution in [0.15, 0.2) is 42.5 Å². The minimum Gasteiger partial charge on any atom is -0.349 e. The molecule has 0 radical (unpaired) electrons. The van der Waals surface area contributed by atoms with Crippen LogP contribution in [0.4, 0.5) is 30.7 Å². The number of alkyl halides is 7. The predicted octanol–water partition coefficient (Wildman–Crippen LogP) is 6.58. The Morgan fingerprint density at radius 1 is 1.03 bits per heavy atom. The van der Waals surface area contributed by atoms with Crippen molar-refractivity contribution in [1.29, 1.82) is 0 Å². The second kappa shape index (κ2) is 11.2. The third-order valence-electron chi connectivity index (χ3n) is 5.41. The Bertz CT molecular complexity index is 1030. The van der Waals surface area contributed by atoms with Crippen molar-refractivity contribution in [3.05, 3.63) is 70.5 Å². The maximum atomic E-state index is 13.5. The van der Waals surface area contributed by atoms with Crippen LogP contribution in [0.1, 0.15) is 41.3 Å². The van der Waals surface area contributed by atoms with Gasteiger partial charge in [0.05, 0.1) is 42.3 Å². The number of benzene rings is 2. The lowest BCUT2D eigenvalue weighted by Crippen LogP contribution is -2.46. The van der Waals surface area contributed by atoms with Crippen LogP contribution in [-0.2, 0) is 21.8 Å². The third kappa shape index (κ3) is 7.10. The summed E-state index contributed by atoms with van der Waals surface area (Å²) in [6, 6.07) is 6.13. The molecule has 0 amide bonds. The molecule has 1 aliphatic heterocycles. The molecular formula is C24H21ClF7NO2. The minimum absolute atomic E-state index is 0.0614. The Balaban J connectivity index is 1.94. The van der Waals surface area contributed by atoms with Crippen LogP contribution in [0.3, 0.4) is 0 Å². The average molecular weight is 524 g/mol. The lowest BCUT2D eigenvalue weighted by atomic mass is 10.0. The molecule has 3 nitrogen and oxygen atoms in total. The number of hydrogen-bond acceptors (Lipinski definition) is 3. The molecule has 3 atom stereocenters. The van der Waals surface area contributed by atoms with Gasteiger partial charge in [0.2, 0.25) is 0 Å². The molecule has 1 heterocycles. The summed E-state index contributed by atoms with van der Waals surface area (Å²) in [6.07, 6.45) is -12.2. The second-order valence-electron chi connectivity index (χ2n) is 7.81. The van der Waals surface area contributed by atoms with Gasteiger partial charge in [0, 0.05) is 6.54 Å². The molecule has 2 aromatic carbocycles. The zero-order valence-electron chi connectivity index (χ0n) is 18.4. The van der Waals surface area contributed by atoms with Crippen molar-refractivity contribution in [1.82, 2.24) is 4.90 Å². The van der Waals surface area contributed by atoms with Gasteiger partial charge in [-0.1, -0.05) is 24.0 Å². The molecule has 35 heavy (non-hydrogen) atoms. The van der Waals surface area contributed by atoms with Crippen molar-refractivity contribution in [3.63, 3.8) is 0 Å².